The van der Waals surface area contributed by atoms with Crippen LogP contribution in [0.4, 0.5) is 0 Å². The van der Waals surface area contributed by atoms with Gasteiger partial charge in [-0.15, -0.1) is 0 Å². The molecule has 0 bridgehead atoms. The highest BCUT2D eigenvalue weighted by atomic mass is 16.3. The first kappa shape index (κ1) is 13.6. The Morgan fingerprint density at radius 3 is 3.05 bits per heavy atom. The fraction of sp³-hybridized carbons (Fsp3) is 0.400. The summed E-state index contributed by atoms with van der Waals surface area (Å²) in [5.41, 5.74) is 1.59. The Kier molecular flexibility index (Phi) is 3.85. The van der Waals surface area contributed by atoms with Gasteiger partial charge in [-0.25, -0.2) is 4.98 Å². The molecule has 2 N–H and O–H groups in total. The van der Waals surface area contributed by atoms with E-state index in [-0.39, 0.29) is 17.7 Å². The largest absolute Gasteiger partial charge is 0.441 e. The molecule has 0 saturated carbocycles. The van der Waals surface area contributed by atoms with Crippen LogP contribution in [-0.2, 0) is 16.0 Å². The summed E-state index contributed by atoms with van der Waals surface area (Å²) in [6, 6.07) is 7.57. The molecule has 0 unspecified atom stereocenters. The minimum atomic E-state index is -0.133. The Morgan fingerprint density at radius 2 is 2.29 bits per heavy atom. The Hall–Kier alpha value is -2.37. The lowest BCUT2D eigenvalue weighted by molar-refractivity contribution is -0.128. The van der Waals surface area contributed by atoms with Crippen LogP contribution in [0, 0.1) is 5.92 Å². The van der Waals surface area contributed by atoms with Crippen molar-refractivity contribution in [1.82, 2.24) is 15.6 Å². The van der Waals surface area contributed by atoms with Crippen molar-refractivity contribution in [2.24, 2.45) is 5.92 Å². The molecule has 2 aromatic rings. The number of oxazole rings is 1. The minimum Gasteiger partial charge on any atom is -0.441 e. The molecule has 110 valence electrons. The van der Waals surface area contributed by atoms with Crippen molar-refractivity contribution in [2.75, 3.05) is 13.1 Å². The van der Waals surface area contributed by atoms with E-state index >= 15 is 0 Å². The molecular weight excluding hydrogens is 270 g/mol. The van der Waals surface area contributed by atoms with Crippen LogP contribution in [0.5, 0.6) is 0 Å². The lowest BCUT2D eigenvalue weighted by Crippen LogP contribution is -2.43. The molecule has 1 fully saturated rings. The van der Waals surface area contributed by atoms with Gasteiger partial charge >= 0.3 is 0 Å². The van der Waals surface area contributed by atoms with Crippen LogP contribution in [0.3, 0.4) is 0 Å². The molecule has 21 heavy (non-hydrogen) atoms. The Bertz CT molecular complexity index is 622. The lowest BCUT2D eigenvalue weighted by Gasteiger charge is -2.21. The average molecular weight is 287 g/mol. The van der Waals surface area contributed by atoms with Crippen molar-refractivity contribution < 1.29 is 14.0 Å². The quantitative estimate of drug-likeness (QED) is 0.879. The fourth-order valence-electron chi connectivity index (χ4n) is 2.42. The molecule has 1 aromatic heterocycles. The summed E-state index contributed by atoms with van der Waals surface area (Å²) in [5.74, 6) is 0.483. The summed E-state index contributed by atoms with van der Waals surface area (Å²) in [6.45, 7) is 0.906. The second kappa shape index (κ2) is 5.95. The molecule has 2 heterocycles. The summed E-state index contributed by atoms with van der Waals surface area (Å²) in [6.07, 6.45) is 1.59. The standard InChI is InChI=1S/C15H17N3O3/c19-13-6-5-10(9-17-13)15(20)16-8-7-14-18-11-3-1-2-4-12(11)21-14/h1-4,10H,5-9H2,(H,16,20)(H,17,19)/t10-/m0/s1. The highest BCUT2D eigenvalue weighted by molar-refractivity contribution is 5.83. The zero-order chi connectivity index (χ0) is 14.7. The monoisotopic (exact) mass is 287 g/mol. The van der Waals surface area contributed by atoms with E-state index < -0.39 is 0 Å². The Labute approximate surface area is 121 Å². The summed E-state index contributed by atoms with van der Waals surface area (Å²) >= 11 is 0. The molecule has 6 nitrogen and oxygen atoms in total. The van der Waals surface area contributed by atoms with Gasteiger partial charge in [0.1, 0.15) is 5.52 Å². The number of carbonyl (C=O) groups is 2. The van der Waals surface area contributed by atoms with E-state index in [1.807, 2.05) is 24.3 Å². The number of hydrogen-bond acceptors (Lipinski definition) is 4. The summed E-state index contributed by atoms with van der Waals surface area (Å²) < 4.78 is 5.59. The van der Waals surface area contributed by atoms with Gasteiger partial charge in [0, 0.05) is 25.9 Å². The number of carbonyl (C=O) groups excluding carboxylic acids is 2. The maximum atomic E-state index is 12.0. The maximum absolute atomic E-state index is 12.0. The second-order valence-corrected chi connectivity index (χ2v) is 5.16. The molecule has 1 saturated heterocycles. The molecule has 1 atom stereocenters. The first-order chi connectivity index (χ1) is 10.2. The summed E-state index contributed by atoms with van der Waals surface area (Å²) in [4.78, 5) is 27.4. The van der Waals surface area contributed by atoms with E-state index in [1.165, 1.54) is 0 Å². The number of piperidine rings is 1. The van der Waals surface area contributed by atoms with Crippen molar-refractivity contribution >= 4 is 22.9 Å². The number of aromatic nitrogens is 1. The predicted octanol–water partition coefficient (Wildman–Crippen LogP) is 1.01. The lowest BCUT2D eigenvalue weighted by atomic mass is 9.98. The molecule has 1 aliphatic heterocycles. The van der Waals surface area contributed by atoms with Crippen molar-refractivity contribution in [3.63, 3.8) is 0 Å². The molecule has 0 radical (unpaired) electrons. The van der Waals surface area contributed by atoms with E-state index in [0.29, 0.717) is 38.2 Å². The second-order valence-electron chi connectivity index (χ2n) is 5.16. The van der Waals surface area contributed by atoms with Crippen LogP contribution in [0.1, 0.15) is 18.7 Å². The normalized spacial score (nSPS) is 18.5. The van der Waals surface area contributed by atoms with Gasteiger partial charge in [0.05, 0.1) is 5.92 Å². The number of para-hydroxylation sites is 2. The molecule has 6 heteroatoms. The van der Waals surface area contributed by atoms with Crippen LogP contribution in [0.2, 0.25) is 0 Å². The van der Waals surface area contributed by atoms with Gasteiger partial charge in [0.25, 0.3) is 0 Å². The third-order valence-corrected chi connectivity index (χ3v) is 3.61. The first-order valence-corrected chi connectivity index (χ1v) is 7.11. The van der Waals surface area contributed by atoms with E-state index in [1.54, 1.807) is 0 Å². The zero-order valence-corrected chi connectivity index (χ0v) is 11.6. The predicted molar refractivity (Wildman–Crippen MR) is 76.5 cm³/mol. The van der Waals surface area contributed by atoms with E-state index in [2.05, 4.69) is 15.6 Å². The fourth-order valence-corrected chi connectivity index (χ4v) is 2.42. The van der Waals surface area contributed by atoms with Crippen LogP contribution >= 0.6 is 0 Å². The van der Waals surface area contributed by atoms with Gasteiger partial charge in [-0.2, -0.15) is 0 Å². The number of nitrogens with zero attached hydrogens (tertiary/aromatic N) is 1. The third-order valence-electron chi connectivity index (χ3n) is 3.61. The average Bonchev–Trinajstić information content (AvgIpc) is 2.90. The van der Waals surface area contributed by atoms with Gasteiger partial charge in [-0.3, -0.25) is 9.59 Å². The van der Waals surface area contributed by atoms with E-state index in [0.717, 1.165) is 11.1 Å². The van der Waals surface area contributed by atoms with E-state index in [9.17, 15) is 9.59 Å². The highest BCUT2D eigenvalue weighted by Crippen LogP contribution is 2.15. The van der Waals surface area contributed by atoms with Crippen LogP contribution < -0.4 is 10.6 Å². The molecule has 0 spiro atoms. The smallest absolute Gasteiger partial charge is 0.224 e. The van der Waals surface area contributed by atoms with Gasteiger partial charge in [0.2, 0.25) is 11.8 Å². The third kappa shape index (κ3) is 3.21. The highest BCUT2D eigenvalue weighted by Gasteiger charge is 2.24. The molecular formula is C15H17N3O3. The van der Waals surface area contributed by atoms with Crippen LogP contribution in [0.25, 0.3) is 11.1 Å². The van der Waals surface area contributed by atoms with Crippen molar-refractivity contribution in [1.29, 1.82) is 0 Å². The van der Waals surface area contributed by atoms with Crippen molar-refractivity contribution in [3.8, 4) is 0 Å². The van der Waals surface area contributed by atoms with Crippen LogP contribution in [0.15, 0.2) is 28.7 Å². The van der Waals surface area contributed by atoms with Crippen molar-refractivity contribution in [3.05, 3.63) is 30.2 Å². The van der Waals surface area contributed by atoms with Gasteiger partial charge in [0.15, 0.2) is 11.5 Å². The number of hydrogen-bond donors (Lipinski definition) is 2. The van der Waals surface area contributed by atoms with Crippen LogP contribution in [-0.4, -0.2) is 29.9 Å². The van der Waals surface area contributed by atoms with E-state index in [4.69, 9.17) is 4.42 Å². The molecule has 1 aromatic carbocycles. The molecule has 3 rings (SSSR count). The zero-order valence-electron chi connectivity index (χ0n) is 11.6. The minimum absolute atomic E-state index is 0.0190. The molecule has 2 amide bonds. The number of fused-ring (bicyclic) bond motifs is 1. The number of nitrogens with one attached hydrogen (secondary N) is 2. The Morgan fingerprint density at radius 1 is 1.43 bits per heavy atom. The number of rotatable bonds is 4. The van der Waals surface area contributed by atoms with Gasteiger partial charge in [-0.05, 0) is 18.6 Å². The first-order valence-electron chi connectivity index (χ1n) is 7.11. The Balaban J connectivity index is 1.49. The van der Waals surface area contributed by atoms with Crippen molar-refractivity contribution in [2.45, 2.75) is 19.3 Å². The molecule has 0 aliphatic carbocycles. The SMILES string of the molecule is O=C1CC[C@H](C(=O)NCCc2nc3ccccc3o2)CN1. The molecule has 1 aliphatic rings. The number of benzene rings is 1. The summed E-state index contributed by atoms with van der Waals surface area (Å²) in [7, 11) is 0. The number of amides is 2. The summed E-state index contributed by atoms with van der Waals surface area (Å²) in [5, 5.41) is 5.58. The topological polar surface area (TPSA) is 84.2 Å². The maximum Gasteiger partial charge on any atom is 0.224 e. The van der Waals surface area contributed by atoms with Gasteiger partial charge in [-0.1, -0.05) is 12.1 Å². The van der Waals surface area contributed by atoms with Gasteiger partial charge < -0.3 is 15.1 Å².